The molecule has 2 aromatic rings. The SMILES string of the molecule is Cl.NC1(C(=O)N2CCc3oc(-c4ccccc4)nc3C2)CCC1. The molecule has 0 radical (unpaired) electrons. The predicted octanol–water partition coefficient (Wildman–Crippen LogP) is 2.53. The van der Waals surface area contributed by atoms with E-state index in [0.29, 0.717) is 25.4 Å². The molecule has 0 unspecified atom stereocenters. The molecule has 2 heterocycles. The van der Waals surface area contributed by atoms with E-state index in [1.54, 1.807) is 0 Å². The maximum atomic E-state index is 12.5. The molecule has 5 nitrogen and oxygen atoms in total. The highest BCUT2D eigenvalue weighted by molar-refractivity contribution is 5.87. The zero-order chi connectivity index (χ0) is 15.2. The Kier molecular flexibility index (Phi) is 4.17. The van der Waals surface area contributed by atoms with Gasteiger partial charge in [-0.2, -0.15) is 0 Å². The Labute approximate surface area is 141 Å². The molecule has 1 aliphatic heterocycles. The number of fused-ring (bicyclic) bond motifs is 1. The monoisotopic (exact) mass is 333 g/mol. The molecule has 1 fully saturated rings. The molecule has 1 saturated carbocycles. The van der Waals surface area contributed by atoms with Crippen molar-refractivity contribution in [3.8, 4) is 11.5 Å². The molecule has 23 heavy (non-hydrogen) atoms. The van der Waals surface area contributed by atoms with Crippen LogP contribution in [0.1, 0.15) is 30.7 Å². The lowest BCUT2D eigenvalue weighted by Gasteiger charge is -2.41. The van der Waals surface area contributed by atoms with E-state index in [9.17, 15) is 4.79 Å². The smallest absolute Gasteiger partial charge is 0.243 e. The second-order valence-corrected chi connectivity index (χ2v) is 6.24. The number of halogens is 1. The minimum Gasteiger partial charge on any atom is -0.441 e. The zero-order valence-corrected chi connectivity index (χ0v) is 13.6. The highest BCUT2D eigenvalue weighted by atomic mass is 35.5. The van der Waals surface area contributed by atoms with Gasteiger partial charge in [0.25, 0.3) is 0 Å². The Morgan fingerprint density at radius 3 is 2.65 bits per heavy atom. The summed E-state index contributed by atoms with van der Waals surface area (Å²) in [6.45, 7) is 1.16. The molecule has 1 aromatic heterocycles. The van der Waals surface area contributed by atoms with E-state index in [1.807, 2.05) is 35.2 Å². The second-order valence-electron chi connectivity index (χ2n) is 6.24. The lowest BCUT2D eigenvalue weighted by atomic mass is 9.76. The van der Waals surface area contributed by atoms with Gasteiger partial charge in [-0.15, -0.1) is 12.4 Å². The van der Waals surface area contributed by atoms with Gasteiger partial charge in [0.05, 0.1) is 12.1 Å². The fourth-order valence-corrected chi connectivity index (χ4v) is 3.16. The van der Waals surface area contributed by atoms with Crippen molar-refractivity contribution in [1.29, 1.82) is 0 Å². The molecule has 2 N–H and O–H groups in total. The maximum Gasteiger partial charge on any atom is 0.243 e. The molecular formula is C17H20ClN3O2. The standard InChI is InChI=1S/C17H19N3O2.ClH/c18-17(8-4-9-17)16(21)20-10-7-14-13(11-20)19-15(22-14)12-5-2-1-3-6-12;/h1-3,5-6H,4,7-11,18H2;1H. The number of hydrogen-bond acceptors (Lipinski definition) is 4. The van der Waals surface area contributed by atoms with Crippen molar-refractivity contribution in [1.82, 2.24) is 9.88 Å². The van der Waals surface area contributed by atoms with Crippen LogP contribution in [0.3, 0.4) is 0 Å². The normalized spacial score (nSPS) is 18.6. The summed E-state index contributed by atoms with van der Waals surface area (Å²) >= 11 is 0. The van der Waals surface area contributed by atoms with Crippen molar-refractivity contribution < 1.29 is 9.21 Å². The number of nitrogens with two attached hydrogens (primary N) is 1. The van der Waals surface area contributed by atoms with Gasteiger partial charge < -0.3 is 15.1 Å². The molecule has 2 aliphatic rings. The van der Waals surface area contributed by atoms with Crippen molar-refractivity contribution >= 4 is 18.3 Å². The van der Waals surface area contributed by atoms with Gasteiger partial charge in [0.2, 0.25) is 11.8 Å². The van der Waals surface area contributed by atoms with E-state index in [2.05, 4.69) is 4.98 Å². The number of carbonyl (C=O) groups excluding carboxylic acids is 1. The first kappa shape index (κ1) is 16.0. The Balaban J connectivity index is 0.00000156. The fourth-order valence-electron chi connectivity index (χ4n) is 3.16. The zero-order valence-electron chi connectivity index (χ0n) is 12.8. The van der Waals surface area contributed by atoms with Crippen LogP contribution >= 0.6 is 12.4 Å². The maximum absolute atomic E-state index is 12.5. The highest BCUT2D eigenvalue weighted by Gasteiger charge is 2.43. The number of rotatable bonds is 2. The van der Waals surface area contributed by atoms with E-state index < -0.39 is 5.54 Å². The molecule has 4 rings (SSSR count). The third-order valence-electron chi connectivity index (χ3n) is 4.71. The van der Waals surface area contributed by atoms with Crippen molar-refractivity contribution in [2.24, 2.45) is 5.73 Å². The topological polar surface area (TPSA) is 72.4 Å². The largest absolute Gasteiger partial charge is 0.441 e. The van der Waals surface area contributed by atoms with Gasteiger partial charge in [-0.3, -0.25) is 4.79 Å². The molecule has 0 bridgehead atoms. The van der Waals surface area contributed by atoms with Gasteiger partial charge in [0.15, 0.2) is 0 Å². The lowest BCUT2D eigenvalue weighted by molar-refractivity contribution is -0.141. The Morgan fingerprint density at radius 1 is 1.26 bits per heavy atom. The van der Waals surface area contributed by atoms with E-state index in [-0.39, 0.29) is 18.3 Å². The number of hydrogen-bond donors (Lipinski definition) is 1. The Bertz CT molecular complexity index is 710. The Morgan fingerprint density at radius 2 is 2.00 bits per heavy atom. The minimum atomic E-state index is -0.635. The number of aromatic nitrogens is 1. The predicted molar refractivity (Wildman–Crippen MR) is 89.1 cm³/mol. The van der Waals surface area contributed by atoms with Crippen molar-refractivity contribution in [3.63, 3.8) is 0 Å². The summed E-state index contributed by atoms with van der Waals surface area (Å²) in [6, 6.07) is 9.84. The van der Waals surface area contributed by atoms with Crippen LogP contribution in [0, 0.1) is 0 Å². The average Bonchev–Trinajstić information content (AvgIpc) is 2.96. The van der Waals surface area contributed by atoms with Crippen molar-refractivity contribution in [2.45, 2.75) is 37.8 Å². The first-order chi connectivity index (χ1) is 10.7. The summed E-state index contributed by atoms with van der Waals surface area (Å²) in [7, 11) is 0. The fraction of sp³-hybridized carbons (Fsp3) is 0.412. The second kappa shape index (κ2) is 5.98. The summed E-state index contributed by atoms with van der Waals surface area (Å²) in [4.78, 5) is 18.9. The number of oxazole rings is 1. The number of nitrogens with zero attached hydrogens (tertiary/aromatic N) is 2. The molecule has 1 aliphatic carbocycles. The van der Waals surface area contributed by atoms with Crippen LogP contribution in [0.15, 0.2) is 34.7 Å². The van der Waals surface area contributed by atoms with Crippen LogP contribution < -0.4 is 5.73 Å². The first-order valence-electron chi connectivity index (χ1n) is 7.78. The molecule has 122 valence electrons. The third kappa shape index (κ3) is 2.75. The summed E-state index contributed by atoms with van der Waals surface area (Å²) in [5, 5.41) is 0. The van der Waals surface area contributed by atoms with Crippen LogP contribution in [0.5, 0.6) is 0 Å². The van der Waals surface area contributed by atoms with Crippen molar-refractivity contribution in [2.75, 3.05) is 6.54 Å². The average molecular weight is 334 g/mol. The lowest BCUT2D eigenvalue weighted by Crippen LogP contribution is -2.60. The van der Waals surface area contributed by atoms with E-state index in [4.69, 9.17) is 10.2 Å². The van der Waals surface area contributed by atoms with Gasteiger partial charge in [-0.05, 0) is 31.4 Å². The quantitative estimate of drug-likeness (QED) is 0.916. The van der Waals surface area contributed by atoms with Crippen LogP contribution in [-0.2, 0) is 17.8 Å². The van der Waals surface area contributed by atoms with Crippen molar-refractivity contribution in [3.05, 3.63) is 41.8 Å². The minimum absolute atomic E-state index is 0. The van der Waals surface area contributed by atoms with Gasteiger partial charge >= 0.3 is 0 Å². The first-order valence-corrected chi connectivity index (χ1v) is 7.78. The molecule has 6 heteroatoms. The number of amides is 1. The Hall–Kier alpha value is -1.85. The van der Waals surface area contributed by atoms with Crippen LogP contribution in [0.4, 0.5) is 0 Å². The molecular weight excluding hydrogens is 314 g/mol. The summed E-state index contributed by atoms with van der Waals surface area (Å²) < 4.78 is 5.87. The summed E-state index contributed by atoms with van der Waals surface area (Å²) in [6.07, 6.45) is 3.34. The molecule has 0 atom stereocenters. The van der Waals surface area contributed by atoms with Gasteiger partial charge in [-0.25, -0.2) is 4.98 Å². The summed E-state index contributed by atoms with van der Waals surface area (Å²) in [5.41, 5.74) is 7.35. The van der Waals surface area contributed by atoms with Gasteiger partial charge in [-0.1, -0.05) is 18.2 Å². The van der Waals surface area contributed by atoms with E-state index in [0.717, 1.165) is 36.3 Å². The number of carbonyl (C=O) groups is 1. The summed E-state index contributed by atoms with van der Waals surface area (Å²) in [5.74, 6) is 1.59. The molecule has 1 aromatic carbocycles. The van der Waals surface area contributed by atoms with E-state index in [1.165, 1.54) is 0 Å². The van der Waals surface area contributed by atoms with E-state index >= 15 is 0 Å². The molecule has 0 spiro atoms. The van der Waals surface area contributed by atoms with Crippen LogP contribution in [-0.4, -0.2) is 27.9 Å². The molecule has 1 amide bonds. The van der Waals surface area contributed by atoms with Gasteiger partial charge in [0, 0.05) is 18.5 Å². The number of benzene rings is 1. The van der Waals surface area contributed by atoms with Crippen LogP contribution in [0.25, 0.3) is 11.5 Å². The highest BCUT2D eigenvalue weighted by Crippen LogP contribution is 2.33. The van der Waals surface area contributed by atoms with Crippen LogP contribution in [0.2, 0.25) is 0 Å². The third-order valence-corrected chi connectivity index (χ3v) is 4.71. The molecule has 0 saturated heterocycles. The van der Waals surface area contributed by atoms with Gasteiger partial charge in [0.1, 0.15) is 11.5 Å².